The minimum atomic E-state index is -1.34. The van der Waals surface area contributed by atoms with Crippen LogP contribution in [0.15, 0.2) is 30.3 Å². The van der Waals surface area contributed by atoms with Gasteiger partial charge in [-0.2, -0.15) is 0 Å². The Labute approximate surface area is 231 Å². The standard InChI is InChI=1S/C28H34ClN3O5S/c1-30(2)15-21-16-31(12-13-36-21)23(33)17-32-22-14-24(37-28(34)35)38-27(22)25(18-6-4-3-5-7-18)26(32)19-8-10-20(29)11-9-19/h8-11,14,18,21H,3-7,12-13,15-17H2,1-2H3,(H,34,35). The highest BCUT2D eigenvalue weighted by Crippen LogP contribution is 2.48. The van der Waals surface area contributed by atoms with Crippen LogP contribution in [0, 0.1) is 0 Å². The highest BCUT2D eigenvalue weighted by Gasteiger charge is 2.31. The second kappa shape index (κ2) is 11.7. The molecule has 1 N–H and O–H groups in total. The number of halogens is 1. The van der Waals surface area contributed by atoms with E-state index in [9.17, 15) is 14.7 Å². The summed E-state index contributed by atoms with van der Waals surface area (Å²) in [7, 11) is 4.00. The van der Waals surface area contributed by atoms with Crippen molar-refractivity contribution < 1.29 is 24.2 Å². The number of hydrogen-bond donors (Lipinski definition) is 1. The lowest BCUT2D eigenvalue weighted by Crippen LogP contribution is -2.49. The molecule has 1 atom stereocenters. The Hall–Kier alpha value is -2.59. The first-order valence-electron chi connectivity index (χ1n) is 13.2. The van der Waals surface area contributed by atoms with E-state index in [1.165, 1.54) is 23.3 Å². The van der Waals surface area contributed by atoms with E-state index in [1.54, 1.807) is 6.07 Å². The number of thiophene rings is 1. The molecule has 1 saturated heterocycles. The van der Waals surface area contributed by atoms with E-state index in [0.29, 0.717) is 35.7 Å². The summed E-state index contributed by atoms with van der Waals surface area (Å²) in [5.41, 5.74) is 4.04. The van der Waals surface area contributed by atoms with Gasteiger partial charge in [-0.25, -0.2) is 4.79 Å². The number of likely N-dealkylation sites (N-methyl/N-ethyl adjacent to an activating group) is 1. The number of rotatable bonds is 7. The summed E-state index contributed by atoms with van der Waals surface area (Å²) in [5, 5.41) is 10.2. The molecule has 1 aliphatic heterocycles. The van der Waals surface area contributed by atoms with Crippen LogP contribution in [0.5, 0.6) is 5.06 Å². The molecule has 1 saturated carbocycles. The Balaban J connectivity index is 1.59. The van der Waals surface area contributed by atoms with Gasteiger partial charge >= 0.3 is 6.16 Å². The lowest BCUT2D eigenvalue weighted by atomic mass is 9.83. The van der Waals surface area contributed by atoms with E-state index in [2.05, 4.69) is 9.47 Å². The third-order valence-electron chi connectivity index (χ3n) is 7.42. The van der Waals surface area contributed by atoms with E-state index in [4.69, 9.17) is 21.1 Å². The highest BCUT2D eigenvalue weighted by molar-refractivity contribution is 7.21. The molecule has 1 amide bonds. The zero-order valence-corrected chi connectivity index (χ0v) is 23.4. The summed E-state index contributed by atoms with van der Waals surface area (Å²) in [6.07, 6.45) is 4.29. The molecular weight excluding hydrogens is 526 g/mol. The van der Waals surface area contributed by atoms with Crippen LogP contribution in [0.4, 0.5) is 4.79 Å². The summed E-state index contributed by atoms with van der Waals surface area (Å²) in [6.45, 7) is 2.51. The van der Waals surface area contributed by atoms with Gasteiger partial charge in [0.15, 0.2) is 5.06 Å². The molecule has 1 aliphatic carbocycles. The molecule has 1 aromatic carbocycles. The van der Waals surface area contributed by atoms with Gasteiger partial charge in [0.2, 0.25) is 5.91 Å². The van der Waals surface area contributed by atoms with Crippen molar-refractivity contribution in [2.24, 2.45) is 0 Å². The molecule has 10 heteroatoms. The number of carboxylic acid groups (broad SMARTS) is 1. The molecule has 3 heterocycles. The van der Waals surface area contributed by atoms with Crippen LogP contribution < -0.4 is 4.74 Å². The fourth-order valence-corrected chi connectivity index (χ4v) is 7.07. The number of fused-ring (bicyclic) bond motifs is 1. The van der Waals surface area contributed by atoms with Crippen molar-refractivity contribution in [3.63, 3.8) is 0 Å². The van der Waals surface area contributed by atoms with Gasteiger partial charge < -0.3 is 28.9 Å². The number of amides is 1. The van der Waals surface area contributed by atoms with E-state index in [0.717, 1.165) is 53.7 Å². The van der Waals surface area contributed by atoms with Crippen molar-refractivity contribution in [3.05, 3.63) is 40.9 Å². The second-order valence-electron chi connectivity index (χ2n) is 10.4. The smallest absolute Gasteiger partial charge is 0.449 e. The summed E-state index contributed by atoms with van der Waals surface area (Å²) < 4.78 is 14.0. The monoisotopic (exact) mass is 559 g/mol. The number of carbonyl (C=O) groups excluding carboxylic acids is 1. The van der Waals surface area contributed by atoms with Crippen LogP contribution >= 0.6 is 22.9 Å². The minimum absolute atomic E-state index is 0.0197. The number of nitrogens with zero attached hydrogens (tertiary/aromatic N) is 3. The van der Waals surface area contributed by atoms with Crippen LogP contribution in [-0.4, -0.2) is 78.0 Å². The molecule has 8 nitrogen and oxygen atoms in total. The number of hydrogen-bond acceptors (Lipinski definition) is 6. The van der Waals surface area contributed by atoms with Gasteiger partial charge in [-0.3, -0.25) is 4.79 Å². The Morgan fingerprint density at radius 3 is 2.61 bits per heavy atom. The number of carbonyl (C=O) groups is 2. The van der Waals surface area contributed by atoms with Gasteiger partial charge in [0.05, 0.1) is 28.6 Å². The van der Waals surface area contributed by atoms with Crippen molar-refractivity contribution in [2.45, 2.75) is 50.7 Å². The molecular formula is C28H34ClN3O5S. The highest BCUT2D eigenvalue weighted by atomic mass is 35.5. The summed E-state index contributed by atoms with van der Waals surface area (Å²) in [4.78, 5) is 29.0. The first-order valence-corrected chi connectivity index (χ1v) is 14.4. The van der Waals surface area contributed by atoms with Crippen molar-refractivity contribution in [3.8, 4) is 16.3 Å². The lowest BCUT2D eigenvalue weighted by Gasteiger charge is -2.34. The fourth-order valence-electron chi connectivity index (χ4n) is 5.81. The maximum absolute atomic E-state index is 13.7. The van der Waals surface area contributed by atoms with Crippen molar-refractivity contribution in [2.75, 3.05) is 40.3 Å². The predicted octanol–water partition coefficient (Wildman–Crippen LogP) is 5.92. The molecule has 2 fully saturated rings. The minimum Gasteiger partial charge on any atom is -0.449 e. The van der Waals surface area contributed by atoms with Gasteiger partial charge in [-0.05, 0) is 56.1 Å². The van der Waals surface area contributed by atoms with E-state index >= 15 is 0 Å². The molecule has 38 heavy (non-hydrogen) atoms. The molecule has 2 aromatic heterocycles. The first kappa shape index (κ1) is 27.0. The molecule has 1 unspecified atom stereocenters. The summed E-state index contributed by atoms with van der Waals surface area (Å²) >= 11 is 7.58. The van der Waals surface area contributed by atoms with Gasteiger partial charge in [0.1, 0.15) is 6.54 Å². The average molecular weight is 560 g/mol. The number of ether oxygens (including phenoxy) is 2. The molecule has 5 rings (SSSR count). The topological polar surface area (TPSA) is 84.2 Å². The lowest BCUT2D eigenvalue weighted by molar-refractivity contribution is -0.139. The predicted molar refractivity (Wildman–Crippen MR) is 150 cm³/mol. The summed E-state index contributed by atoms with van der Waals surface area (Å²) in [6, 6.07) is 9.53. The molecule has 0 spiro atoms. The maximum Gasteiger partial charge on any atom is 0.512 e. The Morgan fingerprint density at radius 2 is 1.92 bits per heavy atom. The first-order chi connectivity index (χ1) is 18.3. The SMILES string of the molecule is CN(C)CC1CN(C(=O)Cn2c(-c3ccc(Cl)cc3)c(C3CCCCC3)c3sc(OC(=O)O)cc32)CCO1. The van der Waals surface area contributed by atoms with Crippen LogP contribution in [0.2, 0.25) is 5.02 Å². The molecule has 3 aromatic rings. The molecule has 2 aliphatic rings. The zero-order valence-electron chi connectivity index (χ0n) is 21.8. The van der Waals surface area contributed by atoms with Gasteiger partial charge in [0.25, 0.3) is 0 Å². The molecule has 0 bridgehead atoms. The zero-order chi connectivity index (χ0) is 26.8. The molecule has 0 radical (unpaired) electrons. The number of benzene rings is 1. The number of morpholine rings is 1. The van der Waals surface area contributed by atoms with Crippen molar-refractivity contribution >= 4 is 45.2 Å². The summed E-state index contributed by atoms with van der Waals surface area (Å²) in [5.74, 6) is 0.351. The maximum atomic E-state index is 13.7. The Kier molecular flexibility index (Phi) is 8.28. The Morgan fingerprint density at radius 1 is 1.18 bits per heavy atom. The molecule has 204 valence electrons. The van der Waals surface area contributed by atoms with E-state index in [1.807, 2.05) is 43.3 Å². The van der Waals surface area contributed by atoms with Crippen molar-refractivity contribution in [1.82, 2.24) is 14.4 Å². The largest absolute Gasteiger partial charge is 0.512 e. The van der Waals surface area contributed by atoms with Crippen LogP contribution in [-0.2, 0) is 16.1 Å². The average Bonchev–Trinajstić information content (AvgIpc) is 3.41. The van der Waals surface area contributed by atoms with Gasteiger partial charge in [-0.15, -0.1) is 0 Å². The van der Waals surface area contributed by atoms with Crippen LogP contribution in [0.3, 0.4) is 0 Å². The van der Waals surface area contributed by atoms with Gasteiger partial charge in [0, 0.05) is 30.7 Å². The second-order valence-corrected chi connectivity index (χ2v) is 11.9. The van der Waals surface area contributed by atoms with Crippen LogP contribution in [0.25, 0.3) is 21.5 Å². The number of aromatic nitrogens is 1. The van der Waals surface area contributed by atoms with E-state index in [-0.39, 0.29) is 18.6 Å². The third-order valence-corrected chi connectivity index (χ3v) is 8.71. The van der Waals surface area contributed by atoms with Crippen molar-refractivity contribution in [1.29, 1.82) is 0 Å². The Bertz CT molecular complexity index is 1300. The quantitative estimate of drug-likeness (QED) is 0.362. The normalized spacial score (nSPS) is 18.8. The van der Waals surface area contributed by atoms with E-state index < -0.39 is 6.16 Å². The van der Waals surface area contributed by atoms with Gasteiger partial charge in [-0.1, -0.05) is 54.3 Å². The van der Waals surface area contributed by atoms with Crippen LogP contribution in [0.1, 0.15) is 43.6 Å². The third kappa shape index (κ3) is 5.86. The fraction of sp³-hybridized carbons (Fsp3) is 0.500.